The van der Waals surface area contributed by atoms with Crippen LogP contribution < -0.4 is 5.32 Å². The molecule has 0 aliphatic carbocycles. The molecule has 0 aliphatic heterocycles. The van der Waals surface area contributed by atoms with Gasteiger partial charge in [0.15, 0.2) is 0 Å². The summed E-state index contributed by atoms with van der Waals surface area (Å²) in [6.07, 6.45) is 2.80. The van der Waals surface area contributed by atoms with Crippen molar-refractivity contribution >= 4 is 11.6 Å². The molecule has 1 N–H and O–H groups in total. The number of rotatable bonds is 4. The van der Waals surface area contributed by atoms with Crippen LogP contribution in [-0.2, 0) is 0 Å². The summed E-state index contributed by atoms with van der Waals surface area (Å²) in [7, 11) is 0. The molecule has 1 aromatic carbocycles. The van der Waals surface area contributed by atoms with Crippen LogP contribution in [0.5, 0.6) is 0 Å². The van der Waals surface area contributed by atoms with Gasteiger partial charge in [-0.1, -0.05) is 11.2 Å². The zero-order valence-electron chi connectivity index (χ0n) is 13.7. The largest absolute Gasteiger partial charge is 0.334 e. The maximum absolute atomic E-state index is 13.0. The number of benzene rings is 1. The zero-order valence-corrected chi connectivity index (χ0v) is 13.7. The smallest absolute Gasteiger partial charge is 0.258 e. The summed E-state index contributed by atoms with van der Waals surface area (Å²) < 4.78 is 18.3. The molecule has 0 unspecified atom stereocenters. The summed E-state index contributed by atoms with van der Waals surface area (Å²) in [4.78, 5) is 16.8. The van der Waals surface area contributed by atoms with E-state index in [2.05, 4.69) is 30.4 Å². The molecule has 0 aliphatic rings. The molecule has 8 heteroatoms. The van der Waals surface area contributed by atoms with Gasteiger partial charge in [-0.3, -0.25) is 0 Å². The second-order valence-corrected chi connectivity index (χ2v) is 5.51. The Morgan fingerprint density at radius 2 is 1.96 bits per heavy atom. The number of halogens is 1. The second-order valence-electron chi connectivity index (χ2n) is 5.51. The van der Waals surface area contributed by atoms with E-state index < -0.39 is 5.82 Å². The van der Waals surface area contributed by atoms with Crippen LogP contribution in [0.1, 0.15) is 5.69 Å². The fourth-order valence-electron chi connectivity index (χ4n) is 2.32. The maximum Gasteiger partial charge on any atom is 0.258 e. The minimum Gasteiger partial charge on any atom is -0.334 e. The van der Waals surface area contributed by atoms with Crippen LogP contribution >= 0.6 is 0 Å². The van der Waals surface area contributed by atoms with Gasteiger partial charge in [-0.15, -0.1) is 0 Å². The molecule has 4 aromatic rings. The zero-order chi connectivity index (χ0) is 17.9. The van der Waals surface area contributed by atoms with E-state index in [0.717, 1.165) is 23.1 Å². The van der Waals surface area contributed by atoms with Crippen molar-refractivity contribution in [3.05, 3.63) is 66.4 Å². The third kappa shape index (κ3) is 3.39. The molecule has 128 valence electrons. The van der Waals surface area contributed by atoms with Gasteiger partial charge in [-0.05, 0) is 43.3 Å². The van der Waals surface area contributed by atoms with Crippen molar-refractivity contribution in [3.63, 3.8) is 0 Å². The Balaban J connectivity index is 1.59. The van der Waals surface area contributed by atoms with Gasteiger partial charge < -0.3 is 9.84 Å². The van der Waals surface area contributed by atoms with Crippen molar-refractivity contribution in [2.75, 3.05) is 5.32 Å². The van der Waals surface area contributed by atoms with Gasteiger partial charge in [0.1, 0.15) is 11.5 Å². The van der Waals surface area contributed by atoms with Crippen molar-refractivity contribution in [2.45, 2.75) is 6.92 Å². The highest BCUT2D eigenvalue weighted by atomic mass is 19.1. The van der Waals surface area contributed by atoms with Crippen LogP contribution in [0.2, 0.25) is 0 Å². The lowest BCUT2D eigenvalue weighted by Crippen LogP contribution is -1.97. The Morgan fingerprint density at radius 1 is 1.04 bits per heavy atom. The molecule has 0 atom stereocenters. The van der Waals surface area contributed by atoms with Gasteiger partial charge >= 0.3 is 0 Å². The average molecular weight is 348 g/mol. The van der Waals surface area contributed by atoms with Crippen molar-refractivity contribution in [1.82, 2.24) is 25.1 Å². The van der Waals surface area contributed by atoms with Crippen LogP contribution in [0.3, 0.4) is 0 Å². The Bertz CT molecular complexity index is 1050. The van der Waals surface area contributed by atoms with E-state index in [1.54, 1.807) is 6.20 Å². The van der Waals surface area contributed by atoms with Crippen molar-refractivity contribution in [2.24, 2.45) is 0 Å². The minimum atomic E-state index is -0.422. The molecule has 3 heterocycles. The molecular formula is C18H13FN6O. The standard InChI is InChI=1S/C18H13FN6O/c1-11-7-8-20-18(22-11)23-14-4-2-3-12(9-14)17-24-16(25-26-17)15-6-5-13(19)10-21-15/h2-10H,1H3,(H,20,22,23). The first-order valence-electron chi connectivity index (χ1n) is 7.80. The summed E-state index contributed by atoms with van der Waals surface area (Å²) in [5.41, 5.74) is 2.81. The van der Waals surface area contributed by atoms with Crippen LogP contribution in [0, 0.1) is 12.7 Å². The quantitative estimate of drug-likeness (QED) is 0.600. The van der Waals surface area contributed by atoms with E-state index in [0.29, 0.717) is 23.4 Å². The monoisotopic (exact) mass is 348 g/mol. The number of aryl methyl sites for hydroxylation is 1. The Morgan fingerprint density at radius 3 is 2.77 bits per heavy atom. The summed E-state index contributed by atoms with van der Waals surface area (Å²) in [5.74, 6) is 0.707. The summed E-state index contributed by atoms with van der Waals surface area (Å²) in [5, 5.41) is 7.04. The topological polar surface area (TPSA) is 89.6 Å². The van der Waals surface area contributed by atoms with E-state index in [-0.39, 0.29) is 0 Å². The number of nitrogens with one attached hydrogen (secondary N) is 1. The van der Waals surface area contributed by atoms with Crippen molar-refractivity contribution in [1.29, 1.82) is 0 Å². The van der Waals surface area contributed by atoms with E-state index in [9.17, 15) is 4.39 Å². The van der Waals surface area contributed by atoms with Crippen LogP contribution in [0.4, 0.5) is 16.0 Å². The molecule has 0 amide bonds. The van der Waals surface area contributed by atoms with E-state index in [1.807, 2.05) is 37.3 Å². The number of hydrogen-bond donors (Lipinski definition) is 1. The third-order valence-electron chi connectivity index (χ3n) is 3.54. The van der Waals surface area contributed by atoms with Crippen LogP contribution in [0.15, 0.2) is 59.4 Å². The number of aromatic nitrogens is 5. The predicted octanol–water partition coefficient (Wildman–Crippen LogP) is 3.78. The Hall–Kier alpha value is -3.68. The first-order chi connectivity index (χ1) is 12.7. The highest BCUT2D eigenvalue weighted by Crippen LogP contribution is 2.24. The molecule has 0 bridgehead atoms. The Kier molecular flexibility index (Phi) is 4.06. The Labute approximate surface area is 148 Å². The molecule has 7 nitrogen and oxygen atoms in total. The summed E-state index contributed by atoms with van der Waals surface area (Å²) >= 11 is 0. The lowest BCUT2D eigenvalue weighted by atomic mass is 10.2. The van der Waals surface area contributed by atoms with Crippen molar-refractivity contribution < 1.29 is 8.91 Å². The van der Waals surface area contributed by atoms with Gasteiger partial charge in [-0.25, -0.2) is 19.3 Å². The lowest BCUT2D eigenvalue weighted by Gasteiger charge is -2.05. The fraction of sp³-hybridized carbons (Fsp3) is 0.0556. The molecule has 4 rings (SSSR count). The number of pyridine rings is 1. The lowest BCUT2D eigenvalue weighted by molar-refractivity contribution is 0.432. The van der Waals surface area contributed by atoms with Crippen molar-refractivity contribution in [3.8, 4) is 23.0 Å². The molecule has 0 radical (unpaired) electrons. The molecule has 0 saturated carbocycles. The van der Waals surface area contributed by atoms with Gasteiger partial charge in [-0.2, -0.15) is 4.98 Å². The number of anilines is 2. The van der Waals surface area contributed by atoms with E-state index in [1.165, 1.54) is 12.1 Å². The highest BCUT2D eigenvalue weighted by molar-refractivity contribution is 5.65. The fourth-order valence-corrected chi connectivity index (χ4v) is 2.32. The maximum atomic E-state index is 13.0. The third-order valence-corrected chi connectivity index (χ3v) is 3.54. The van der Waals surface area contributed by atoms with Gasteiger partial charge in [0.2, 0.25) is 11.8 Å². The summed E-state index contributed by atoms with van der Waals surface area (Å²) in [6.45, 7) is 1.90. The van der Waals surface area contributed by atoms with Gasteiger partial charge in [0.05, 0.1) is 6.20 Å². The molecule has 0 fully saturated rings. The van der Waals surface area contributed by atoms with Gasteiger partial charge in [0.25, 0.3) is 5.89 Å². The average Bonchev–Trinajstić information content (AvgIpc) is 3.13. The van der Waals surface area contributed by atoms with Crippen LogP contribution in [-0.4, -0.2) is 25.1 Å². The SMILES string of the molecule is Cc1ccnc(Nc2cccc(-c3nc(-c4ccc(F)cn4)no3)c2)n1. The van der Waals surface area contributed by atoms with Crippen LogP contribution in [0.25, 0.3) is 23.0 Å². The number of nitrogens with zero attached hydrogens (tertiary/aromatic N) is 5. The number of hydrogen-bond acceptors (Lipinski definition) is 7. The first kappa shape index (κ1) is 15.8. The predicted molar refractivity (Wildman–Crippen MR) is 93.0 cm³/mol. The van der Waals surface area contributed by atoms with Gasteiger partial charge in [0, 0.05) is 23.1 Å². The van der Waals surface area contributed by atoms with E-state index >= 15 is 0 Å². The molecule has 0 saturated heterocycles. The first-order valence-corrected chi connectivity index (χ1v) is 7.80. The molecule has 3 aromatic heterocycles. The minimum absolute atomic E-state index is 0.292. The van der Waals surface area contributed by atoms with E-state index in [4.69, 9.17) is 4.52 Å². The molecule has 26 heavy (non-hydrogen) atoms. The second kappa shape index (κ2) is 6.67. The normalized spacial score (nSPS) is 10.7. The summed E-state index contributed by atoms with van der Waals surface area (Å²) in [6, 6.07) is 12.0. The molecular weight excluding hydrogens is 335 g/mol. The highest BCUT2D eigenvalue weighted by Gasteiger charge is 2.12. The molecule has 0 spiro atoms.